The van der Waals surface area contributed by atoms with Crippen LogP contribution < -0.4 is 8.45 Å². The van der Waals surface area contributed by atoms with E-state index in [1.807, 2.05) is 0 Å². The second-order valence-electron chi connectivity index (χ2n) is 5.93. The fourth-order valence-corrected chi connectivity index (χ4v) is 7.27. The van der Waals surface area contributed by atoms with Gasteiger partial charge in [0.15, 0.2) is 4.90 Å². The Morgan fingerprint density at radius 2 is 1.75 bits per heavy atom. The van der Waals surface area contributed by atoms with Crippen LogP contribution in [0.2, 0.25) is 0 Å². The standard InChI is InChI=1S/C17H12N2O7S2/c1-26-12-8-9-15(14(10-12)18(20)21)27(22,23)19-13-6-2-4-11-5-3-7-16(17(11)13)28(19,24)25/h2-10H,1H3. The van der Waals surface area contributed by atoms with Crippen molar-refractivity contribution in [3.63, 3.8) is 0 Å². The fraction of sp³-hybridized carbons (Fsp3) is 0.0588. The maximum Gasteiger partial charge on any atom is 0.293 e. The number of nitrogens with zero attached hydrogens (tertiary/aromatic N) is 2. The van der Waals surface area contributed by atoms with Crippen LogP contribution in [0.1, 0.15) is 0 Å². The molecule has 0 saturated carbocycles. The number of hydrogen-bond acceptors (Lipinski definition) is 7. The van der Waals surface area contributed by atoms with Gasteiger partial charge < -0.3 is 4.74 Å². The van der Waals surface area contributed by atoms with E-state index in [2.05, 4.69) is 0 Å². The summed E-state index contributed by atoms with van der Waals surface area (Å²) in [6, 6.07) is 12.1. The summed E-state index contributed by atoms with van der Waals surface area (Å²) in [6.45, 7) is 0. The molecule has 0 unspecified atom stereocenters. The number of sulfonamides is 2. The molecule has 0 N–H and O–H groups in total. The smallest absolute Gasteiger partial charge is 0.293 e. The minimum Gasteiger partial charge on any atom is -0.497 e. The summed E-state index contributed by atoms with van der Waals surface area (Å²) in [6.07, 6.45) is 0. The predicted molar refractivity (Wildman–Crippen MR) is 100 cm³/mol. The van der Waals surface area contributed by atoms with Crippen LogP contribution in [0.3, 0.4) is 0 Å². The average molecular weight is 420 g/mol. The maximum atomic E-state index is 13.3. The van der Waals surface area contributed by atoms with Gasteiger partial charge in [-0.2, -0.15) is 20.5 Å². The van der Waals surface area contributed by atoms with Crippen molar-refractivity contribution >= 4 is 42.2 Å². The van der Waals surface area contributed by atoms with Gasteiger partial charge in [-0.3, -0.25) is 10.1 Å². The average Bonchev–Trinajstić information content (AvgIpc) is 2.90. The van der Waals surface area contributed by atoms with E-state index in [0.717, 1.165) is 12.1 Å². The van der Waals surface area contributed by atoms with E-state index in [1.54, 1.807) is 12.1 Å². The number of ether oxygens (including phenoxy) is 1. The second-order valence-corrected chi connectivity index (χ2v) is 9.67. The molecule has 4 rings (SSSR count). The molecule has 1 aliphatic heterocycles. The fourth-order valence-electron chi connectivity index (χ4n) is 3.21. The molecular formula is C17H12N2O7S2. The first-order valence-corrected chi connectivity index (χ1v) is 10.7. The molecule has 0 amide bonds. The summed E-state index contributed by atoms with van der Waals surface area (Å²) in [5.74, 6) is 0.0697. The molecule has 1 heterocycles. The topological polar surface area (TPSA) is 124 Å². The molecular weight excluding hydrogens is 408 g/mol. The lowest BCUT2D eigenvalue weighted by atomic mass is 10.1. The lowest BCUT2D eigenvalue weighted by Gasteiger charge is -2.19. The lowest BCUT2D eigenvalue weighted by molar-refractivity contribution is -0.387. The molecule has 1 aliphatic rings. The van der Waals surface area contributed by atoms with Gasteiger partial charge in [-0.1, -0.05) is 24.3 Å². The zero-order valence-electron chi connectivity index (χ0n) is 14.3. The van der Waals surface area contributed by atoms with E-state index in [1.165, 1.54) is 37.4 Å². The minimum absolute atomic E-state index is 0.0697. The van der Waals surface area contributed by atoms with Gasteiger partial charge in [-0.25, -0.2) is 0 Å². The minimum atomic E-state index is -4.81. The van der Waals surface area contributed by atoms with Crippen LogP contribution in [-0.2, 0) is 20.0 Å². The van der Waals surface area contributed by atoms with Crippen molar-refractivity contribution in [2.45, 2.75) is 9.79 Å². The number of methoxy groups -OCH3 is 1. The highest BCUT2D eigenvalue weighted by Gasteiger charge is 2.46. The molecule has 0 atom stereocenters. The van der Waals surface area contributed by atoms with E-state index >= 15 is 0 Å². The Morgan fingerprint density at radius 1 is 1.07 bits per heavy atom. The van der Waals surface area contributed by atoms with E-state index < -0.39 is 35.6 Å². The van der Waals surface area contributed by atoms with Crippen molar-refractivity contribution in [3.8, 4) is 5.75 Å². The first-order valence-electron chi connectivity index (χ1n) is 7.84. The van der Waals surface area contributed by atoms with Crippen LogP contribution in [0.25, 0.3) is 10.8 Å². The van der Waals surface area contributed by atoms with Crippen molar-refractivity contribution in [3.05, 3.63) is 64.7 Å². The van der Waals surface area contributed by atoms with Gasteiger partial charge in [-0.05, 0) is 29.7 Å². The SMILES string of the molecule is COc1ccc(S(=O)(=O)N2c3cccc4cccc(c34)S2(=O)=O)c([N+](=O)[O-])c1. The number of anilines is 1. The first kappa shape index (κ1) is 18.2. The quantitative estimate of drug-likeness (QED) is 0.469. The molecule has 3 aromatic carbocycles. The number of hydrogen-bond donors (Lipinski definition) is 0. The highest BCUT2D eigenvalue weighted by molar-refractivity contribution is 8.10. The molecule has 11 heteroatoms. The molecule has 0 spiro atoms. The van der Waals surface area contributed by atoms with E-state index in [4.69, 9.17) is 4.74 Å². The first-order chi connectivity index (χ1) is 13.2. The highest BCUT2D eigenvalue weighted by Crippen LogP contribution is 2.46. The third-order valence-corrected chi connectivity index (χ3v) is 8.64. The third kappa shape index (κ3) is 2.36. The number of benzene rings is 3. The van der Waals surface area contributed by atoms with Crippen molar-refractivity contribution < 1.29 is 26.5 Å². The van der Waals surface area contributed by atoms with Crippen molar-refractivity contribution in [2.24, 2.45) is 0 Å². The van der Waals surface area contributed by atoms with Gasteiger partial charge in [0.25, 0.3) is 25.7 Å². The third-order valence-electron chi connectivity index (χ3n) is 4.40. The molecule has 0 aliphatic carbocycles. The molecule has 0 aromatic heterocycles. The van der Waals surface area contributed by atoms with E-state index in [0.29, 0.717) is 5.39 Å². The number of nitro groups is 1. The molecule has 3 aromatic rings. The highest BCUT2D eigenvalue weighted by atomic mass is 32.3. The summed E-state index contributed by atoms with van der Waals surface area (Å²) < 4.78 is 57.8. The normalized spacial score (nSPS) is 15.0. The van der Waals surface area contributed by atoms with Gasteiger partial charge in [0.2, 0.25) is 0 Å². The summed E-state index contributed by atoms with van der Waals surface area (Å²) in [5, 5.41) is 12.2. The van der Waals surface area contributed by atoms with Crippen LogP contribution in [0.15, 0.2) is 64.4 Å². The largest absolute Gasteiger partial charge is 0.497 e. The van der Waals surface area contributed by atoms with Gasteiger partial charge in [-0.15, -0.1) is 0 Å². The maximum absolute atomic E-state index is 13.3. The summed E-state index contributed by atoms with van der Waals surface area (Å²) in [7, 11) is -8.01. The van der Waals surface area contributed by atoms with Gasteiger partial charge in [0, 0.05) is 5.39 Å². The Bertz CT molecular complexity index is 1360. The molecule has 28 heavy (non-hydrogen) atoms. The van der Waals surface area contributed by atoms with Crippen molar-refractivity contribution in [1.29, 1.82) is 0 Å². The summed E-state index contributed by atoms with van der Waals surface area (Å²) in [4.78, 5) is 9.63. The van der Waals surface area contributed by atoms with Crippen LogP contribution in [-0.4, -0.2) is 28.9 Å². The van der Waals surface area contributed by atoms with Gasteiger partial charge in [0.1, 0.15) is 5.75 Å². The predicted octanol–water partition coefficient (Wildman–Crippen LogP) is 2.65. The second kappa shape index (κ2) is 5.91. The molecule has 0 saturated heterocycles. The summed E-state index contributed by atoms with van der Waals surface area (Å²) >= 11 is 0. The van der Waals surface area contributed by atoms with Crippen LogP contribution >= 0.6 is 0 Å². The zero-order chi connectivity index (χ0) is 20.3. The zero-order valence-corrected chi connectivity index (χ0v) is 15.9. The molecule has 144 valence electrons. The van der Waals surface area contributed by atoms with Gasteiger partial charge >= 0.3 is 0 Å². The molecule has 0 bridgehead atoms. The van der Waals surface area contributed by atoms with Crippen molar-refractivity contribution in [2.75, 3.05) is 10.8 Å². The van der Waals surface area contributed by atoms with Crippen molar-refractivity contribution in [1.82, 2.24) is 0 Å². The lowest BCUT2D eigenvalue weighted by Crippen LogP contribution is -2.34. The van der Waals surface area contributed by atoms with Crippen LogP contribution in [0, 0.1) is 10.1 Å². The molecule has 0 fully saturated rings. The van der Waals surface area contributed by atoms with Crippen LogP contribution in [0.4, 0.5) is 11.4 Å². The number of rotatable bonds is 4. The van der Waals surface area contributed by atoms with E-state index in [-0.39, 0.29) is 25.4 Å². The Labute approximate surface area is 160 Å². The van der Waals surface area contributed by atoms with Crippen LogP contribution in [0.5, 0.6) is 5.75 Å². The molecule has 9 nitrogen and oxygen atoms in total. The van der Waals surface area contributed by atoms with E-state index in [9.17, 15) is 26.9 Å². The Kier molecular flexibility index (Phi) is 3.84. The Balaban J connectivity index is 2.03. The monoisotopic (exact) mass is 420 g/mol. The van der Waals surface area contributed by atoms with Gasteiger partial charge in [0.05, 0.1) is 28.7 Å². The Hall–Kier alpha value is -3.18. The summed E-state index contributed by atoms with van der Waals surface area (Å²) in [5.41, 5.74) is -0.851. The Morgan fingerprint density at radius 3 is 2.39 bits per heavy atom. The molecule has 0 radical (unpaired) electrons. The number of nitro benzene ring substituents is 1.